The number of rotatable bonds is 5. The van der Waals surface area contributed by atoms with Crippen molar-refractivity contribution in [1.29, 1.82) is 0 Å². The molecule has 0 radical (unpaired) electrons. The number of aromatic nitrogens is 3. The summed E-state index contributed by atoms with van der Waals surface area (Å²) in [5.74, 6) is 0.236. The molecule has 0 unspecified atom stereocenters. The van der Waals surface area contributed by atoms with Crippen molar-refractivity contribution in [2.45, 2.75) is 0 Å². The largest absolute Gasteiger partial charge is 0.494 e. The SMILES string of the molecule is COC(=O)c1c(OC)c(-c2ccc(-c3ccncc3)cc2)nc2c(OC)cncc12. The number of methoxy groups -OCH3 is 3. The van der Waals surface area contributed by atoms with Gasteiger partial charge in [0.05, 0.1) is 27.5 Å². The molecule has 0 saturated heterocycles. The van der Waals surface area contributed by atoms with Gasteiger partial charge < -0.3 is 14.2 Å². The maximum Gasteiger partial charge on any atom is 0.342 e. The Kier molecular flexibility index (Phi) is 5.26. The van der Waals surface area contributed by atoms with Crippen LogP contribution in [0.25, 0.3) is 33.3 Å². The van der Waals surface area contributed by atoms with E-state index in [-0.39, 0.29) is 5.56 Å². The normalized spacial score (nSPS) is 10.6. The lowest BCUT2D eigenvalue weighted by atomic mass is 10.0. The molecule has 0 aliphatic carbocycles. The zero-order chi connectivity index (χ0) is 21.1. The molecule has 0 atom stereocenters. The molecule has 0 saturated carbocycles. The van der Waals surface area contributed by atoms with Gasteiger partial charge in [-0.2, -0.15) is 0 Å². The molecule has 3 aromatic heterocycles. The van der Waals surface area contributed by atoms with Crippen LogP contribution in [0.15, 0.2) is 61.2 Å². The average Bonchev–Trinajstić information content (AvgIpc) is 2.82. The molecule has 3 heterocycles. The summed E-state index contributed by atoms with van der Waals surface area (Å²) in [5.41, 5.74) is 4.15. The molecule has 0 spiro atoms. The highest BCUT2D eigenvalue weighted by molar-refractivity contribution is 6.09. The Morgan fingerprint density at radius 2 is 1.47 bits per heavy atom. The van der Waals surface area contributed by atoms with Gasteiger partial charge in [-0.1, -0.05) is 24.3 Å². The summed E-state index contributed by atoms with van der Waals surface area (Å²) in [7, 11) is 4.35. The summed E-state index contributed by atoms with van der Waals surface area (Å²) < 4.78 is 16.0. The van der Waals surface area contributed by atoms with E-state index in [4.69, 9.17) is 19.2 Å². The van der Waals surface area contributed by atoms with Gasteiger partial charge >= 0.3 is 5.97 Å². The summed E-state index contributed by atoms with van der Waals surface area (Å²) >= 11 is 0. The van der Waals surface area contributed by atoms with Crippen LogP contribution in [0.2, 0.25) is 0 Å². The minimum absolute atomic E-state index is 0.254. The molecule has 0 bridgehead atoms. The standard InChI is InChI=1S/C23H19N3O4/c1-28-18-13-25-12-17-19(23(27)30-3)22(29-2)20(26-21(17)18)16-6-4-14(5-7-16)15-8-10-24-11-9-15/h4-13H,1-3H3. The second-order valence-electron chi connectivity index (χ2n) is 6.41. The number of hydrogen-bond donors (Lipinski definition) is 0. The molecule has 0 fully saturated rings. The van der Waals surface area contributed by atoms with Gasteiger partial charge in [0.15, 0.2) is 11.5 Å². The fraction of sp³-hybridized carbons (Fsp3) is 0.130. The van der Waals surface area contributed by atoms with E-state index in [9.17, 15) is 4.79 Å². The summed E-state index contributed by atoms with van der Waals surface area (Å²) in [6.45, 7) is 0. The molecule has 150 valence electrons. The second-order valence-corrected chi connectivity index (χ2v) is 6.41. The molecule has 0 aliphatic heterocycles. The highest BCUT2D eigenvalue weighted by Gasteiger charge is 2.25. The topological polar surface area (TPSA) is 83.4 Å². The lowest BCUT2D eigenvalue weighted by Crippen LogP contribution is -2.08. The number of nitrogens with zero attached hydrogens (tertiary/aromatic N) is 3. The Morgan fingerprint density at radius 1 is 0.800 bits per heavy atom. The minimum Gasteiger partial charge on any atom is -0.494 e. The zero-order valence-corrected chi connectivity index (χ0v) is 16.7. The van der Waals surface area contributed by atoms with Crippen molar-refractivity contribution >= 4 is 16.9 Å². The van der Waals surface area contributed by atoms with Crippen molar-refractivity contribution < 1.29 is 19.0 Å². The van der Waals surface area contributed by atoms with Gasteiger partial charge in [-0.25, -0.2) is 9.78 Å². The molecule has 30 heavy (non-hydrogen) atoms. The third kappa shape index (κ3) is 3.30. The van der Waals surface area contributed by atoms with Crippen LogP contribution >= 0.6 is 0 Å². The summed E-state index contributed by atoms with van der Waals surface area (Å²) in [5, 5.41) is 0.496. The van der Waals surface area contributed by atoms with Crippen LogP contribution in [-0.4, -0.2) is 42.3 Å². The van der Waals surface area contributed by atoms with Crippen molar-refractivity contribution in [3.63, 3.8) is 0 Å². The predicted octanol–water partition coefficient (Wildman–Crippen LogP) is 4.16. The van der Waals surface area contributed by atoms with E-state index in [1.165, 1.54) is 21.3 Å². The zero-order valence-electron chi connectivity index (χ0n) is 16.7. The van der Waals surface area contributed by atoms with Gasteiger partial charge in [0.2, 0.25) is 0 Å². The number of esters is 1. The van der Waals surface area contributed by atoms with E-state index < -0.39 is 5.97 Å². The minimum atomic E-state index is -0.538. The number of carbonyl (C=O) groups excluding carboxylic acids is 1. The fourth-order valence-corrected chi connectivity index (χ4v) is 3.35. The Bertz CT molecular complexity index is 1210. The molecule has 4 aromatic rings. The van der Waals surface area contributed by atoms with Crippen molar-refractivity contribution in [2.75, 3.05) is 21.3 Å². The van der Waals surface area contributed by atoms with Crippen LogP contribution in [0.4, 0.5) is 0 Å². The number of pyridine rings is 3. The van der Waals surface area contributed by atoms with Crippen LogP contribution in [0, 0.1) is 0 Å². The third-order valence-electron chi connectivity index (χ3n) is 4.80. The first-order chi connectivity index (χ1) is 14.7. The Morgan fingerprint density at radius 3 is 2.10 bits per heavy atom. The van der Waals surface area contributed by atoms with Crippen LogP contribution in [0.5, 0.6) is 11.5 Å². The van der Waals surface area contributed by atoms with Crippen LogP contribution in [0.3, 0.4) is 0 Å². The number of ether oxygens (including phenoxy) is 3. The van der Waals surface area contributed by atoms with E-state index >= 15 is 0 Å². The maximum absolute atomic E-state index is 12.6. The average molecular weight is 401 g/mol. The Balaban J connectivity index is 1.95. The number of benzene rings is 1. The molecular formula is C23H19N3O4. The van der Waals surface area contributed by atoms with E-state index in [1.807, 2.05) is 36.4 Å². The number of hydrogen-bond acceptors (Lipinski definition) is 7. The predicted molar refractivity (Wildman–Crippen MR) is 113 cm³/mol. The quantitative estimate of drug-likeness (QED) is 0.464. The molecule has 4 rings (SSSR count). The van der Waals surface area contributed by atoms with Gasteiger partial charge in [0.1, 0.15) is 16.8 Å². The van der Waals surface area contributed by atoms with E-state index in [0.717, 1.165) is 16.7 Å². The van der Waals surface area contributed by atoms with Crippen molar-refractivity contribution in [3.8, 4) is 33.9 Å². The highest BCUT2D eigenvalue weighted by atomic mass is 16.5. The van der Waals surface area contributed by atoms with Gasteiger partial charge in [-0.3, -0.25) is 9.97 Å². The second kappa shape index (κ2) is 8.16. The first-order valence-electron chi connectivity index (χ1n) is 9.16. The molecule has 1 aromatic carbocycles. The molecule has 0 N–H and O–H groups in total. The monoisotopic (exact) mass is 401 g/mol. The van der Waals surface area contributed by atoms with Gasteiger partial charge in [-0.15, -0.1) is 0 Å². The third-order valence-corrected chi connectivity index (χ3v) is 4.80. The molecule has 0 amide bonds. The molecular weight excluding hydrogens is 382 g/mol. The Labute approximate surface area is 173 Å². The number of carbonyl (C=O) groups is 1. The first kappa shape index (κ1) is 19.3. The van der Waals surface area contributed by atoms with Crippen LogP contribution in [0.1, 0.15) is 10.4 Å². The fourth-order valence-electron chi connectivity index (χ4n) is 3.35. The van der Waals surface area contributed by atoms with Crippen molar-refractivity contribution in [1.82, 2.24) is 15.0 Å². The molecule has 0 aliphatic rings. The summed E-state index contributed by atoms with van der Waals surface area (Å²) in [6, 6.07) is 11.7. The van der Waals surface area contributed by atoms with Gasteiger partial charge in [0.25, 0.3) is 0 Å². The van der Waals surface area contributed by atoms with Crippen molar-refractivity contribution in [3.05, 3.63) is 66.7 Å². The van der Waals surface area contributed by atoms with E-state index in [2.05, 4.69) is 9.97 Å². The summed E-state index contributed by atoms with van der Waals surface area (Å²) in [6.07, 6.45) is 6.61. The van der Waals surface area contributed by atoms with E-state index in [0.29, 0.717) is 28.1 Å². The summed E-state index contributed by atoms with van der Waals surface area (Å²) in [4.78, 5) is 25.6. The number of fused-ring (bicyclic) bond motifs is 1. The van der Waals surface area contributed by atoms with Crippen molar-refractivity contribution in [2.24, 2.45) is 0 Å². The van der Waals surface area contributed by atoms with E-state index in [1.54, 1.807) is 24.8 Å². The van der Waals surface area contributed by atoms with Gasteiger partial charge in [-0.05, 0) is 23.3 Å². The smallest absolute Gasteiger partial charge is 0.342 e. The molecule has 7 nitrogen and oxygen atoms in total. The highest BCUT2D eigenvalue weighted by Crippen LogP contribution is 2.39. The van der Waals surface area contributed by atoms with Crippen LogP contribution < -0.4 is 9.47 Å². The molecule has 7 heteroatoms. The van der Waals surface area contributed by atoms with Crippen LogP contribution in [-0.2, 0) is 4.74 Å². The van der Waals surface area contributed by atoms with Gasteiger partial charge in [0, 0.05) is 29.5 Å². The Hall–Kier alpha value is -4.00. The lowest BCUT2D eigenvalue weighted by Gasteiger charge is -2.16. The first-order valence-corrected chi connectivity index (χ1v) is 9.16. The maximum atomic E-state index is 12.6. The lowest BCUT2D eigenvalue weighted by molar-refractivity contribution is 0.0599.